The van der Waals surface area contributed by atoms with Crippen LogP contribution in [0.1, 0.15) is 11.1 Å². The molecule has 0 bridgehead atoms. The topological polar surface area (TPSA) is 91.2 Å². The van der Waals surface area contributed by atoms with Crippen LogP contribution >= 0.6 is 11.3 Å². The van der Waals surface area contributed by atoms with Gasteiger partial charge in [-0.05, 0) is 42.8 Å². The third-order valence-electron chi connectivity index (χ3n) is 4.42. The molecule has 0 aliphatic heterocycles. The van der Waals surface area contributed by atoms with Crippen molar-refractivity contribution in [1.82, 2.24) is 15.0 Å². The monoisotopic (exact) mass is 405 g/mol. The van der Waals surface area contributed by atoms with Gasteiger partial charge >= 0.3 is 5.97 Å². The van der Waals surface area contributed by atoms with E-state index in [2.05, 4.69) is 46.5 Å². The Bertz CT molecular complexity index is 1160. The van der Waals surface area contributed by atoms with Crippen molar-refractivity contribution in [1.29, 1.82) is 0 Å². The van der Waals surface area contributed by atoms with Crippen LogP contribution in [0.3, 0.4) is 0 Å². The summed E-state index contributed by atoms with van der Waals surface area (Å²) in [5.41, 5.74) is 3.74. The van der Waals surface area contributed by atoms with Crippen LogP contribution in [-0.2, 0) is 11.2 Å². The number of aryl methyl sites for hydroxylation is 1. The Labute approximate surface area is 171 Å². The molecular formula is C21H19N5O2S. The molecule has 0 radical (unpaired) electrons. The smallest absolute Gasteiger partial charge is 0.307 e. The first-order valence-corrected chi connectivity index (χ1v) is 9.81. The zero-order chi connectivity index (χ0) is 20.4. The van der Waals surface area contributed by atoms with Crippen LogP contribution in [0.4, 0.5) is 22.5 Å². The third kappa shape index (κ3) is 4.33. The zero-order valence-corrected chi connectivity index (χ0v) is 16.8. The van der Waals surface area contributed by atoms with Crippen LogP contribution in [0.25, 0.3) is 10.3 Å². The molecule has 0 amide bonds. The number of carboxylic acid groups (broad SMARTS) is 1. The average Bonchev–Trinajstić information content (AvgIpc) is 3.10. The molecule has 0 saturated carbocycles. The SMILES string of the molecule is Cc1ccc(N(C)c2ccc3nc(Nc4ccc(CC(=O)O)cn4)sc3n2)cc1. The summed E-state index contributed by atoms with van der Waals surface area (Å²) in [5, 5.41) is 12.7. The van der Waals surface area contributed by atoms with Gasteiger partial charge in [0.25, 0.3) is 0 Å². The molecule has 0 aliphatic carbocycles. The lowest BCUT2D eigenvalue weighted by molar-refractivity contribution is -0.136. The molecule has 0 fully saturated rings. The highest BCUT2D eigenvalue weighted by Crippen LogP contribution is 2.30. The molecule has 29 heavy (non-hydrogen) atoms. The summed E-state index contributed by atoms with van der Waals surface area (Å²) < 4.78 is 0. The van der Waals surface area contributed by atoms with Crippen molar-refractivity contribution < 1.29 is 9.90 Å². The Balaban J connectivity index is 1.53. The van der Waals surface area contributed by atoms with Crippen LogP contribution in [0, 0.1) is 6.92 Å². The summed E-state index contributed by atoms with van der Waals surface area (Å²) in [7, 11) is 1.99. The molecule has 3 heterocycles. The maximum Gasteiger partial charge on any atom is 0.307 e. The number of benzene rings is 1. The first kappa shape index (κ1) is 18.8. The Morgan fingerprint density at radius 1 is 1.10 bits per heavy atom. The Morgan fingerprint density at radius 3 is 2.59 bits per heavy atom. The highest BCUT2D eigenvalue weighted by Gasteiger charge is 2.11. The summed E-state index contributed by atoms with van der Waals surface area (Å²) in [6.07, 6.45) is 1.51. The fourth-order valence-corrected chi connectivity index (χ4v) is 3.68. The number of anilines is 4. The van der Waals surface area contributed by atoms with Gasteiger partial charge in [0.1, 0.15) is 22.0 Å². The minimum absolute atomic E-state index is 0.0460. The Morgan fingerprint density at radius 2 is 1.90 bits per heavy atom. The number of pyridine rings is 2. The number of nitrogens with one attached hydrogen (secondary N) is 1. The van der Waals surface area contributed by atoms with E-state index in [1.807, 2.05) is 24.1 Å². The number of aromatic nitrogens is 3. The predicted octanol–water partition coefficient (Wildman–Crippen LogP) is 4.53. The van der Waals surface area contributed by atoms with Crippen molar-refractivity contribution in [3.8, 4) is 0 Å². The maximum atomic E-state index is 10.8. The standard InChI is InChI=1S/C21H19N5O2S/c1-13-3-6-15(7-4-13)26(2)18-10-8-16-20(25-18)29-21(23-16)24-17-9-5-14(12-22-17)11-19(27)28/h3-10,12H,11H2,1-2H3,(H,27,28)(H,22,23,24). The van der Waals surface area contributed by atoms with Gasteiger partial charge in [0.05, 0.1) is 6.42 Å². The van der Waals surface area contributed by atoms with E-state index in [1.54, 1.807) is 18.3 Å². The fourth-order valence-electron chi connectivity index (χ4n) is 2.84. The van der Waals surface area contributed by atoms with Crippen molar-refractivity contribution in [2.75, 3.05) is 17.3 Å². The molecule has 0 atom stereocenters. The van der Waals surface area contributed by atoms with E-state index < -0.39 is 5.97 Å². The molecule has 7 nitrogen and oxygen atoms in total. The van der Waals surface area contributed by atoms with Gasteiger partial charge < -0.3 is 15.3 Å². The number of thiazole rings is 1. The number of fused-ring (bicyclic) bond motifs is 1. The van der Waals surface area contributed by atoms with Gasteiger partial charge in [-0.25, -0.2) is 15.0 Å². The summed E-state index contributed by atoms with van der Waals surface area (Å²) in [6, 6.07) is 15.7. The van der Waals surface area contributed by atoms with Crippen LogP contribution < -0.4 is 10.2 Å². The molecule has 3 aromatic heterocycles. The van der Waals surface area contributed by atoms with Gasteiger partial charge in [-0.3, -0.25) is 4.79 Å². The second-order valence-electron chi connectivity index (χ2n) is 6.65. The lowest BCUT2D eigenvalue weighted by Gasteiger charge is -2.18. The van der Waals surface area contributed by atoms with E-state index in [4.69, 9.17) is 10.1 Å². The summed E-state index contributed by atoms with van der Waals surface area (Å²) in [6.45, 7) is 2.06. The largest absolute Gasteiger partial charge is 0.481 e. The van der Waals surface area contributed by atoms with Crippen LogP contribution in [0.2, 0.25) is 0 Å². The highest BCUT2D eigenvalue weighted by atomic mass is 32.1. The number of rotatable bonds is 6. The number of carbonyl (C=O) groups is 1. The molecule has 4 rings (SSSR count). The van der Waals surface area contributed by atoms with E-state index in [1.165, 1.54) is 16.9 Å². The number of hydrogen-bond donors (Lipinski definition) is 2. The van der Waals surface area contributed by atoms with Crippen molar-refractivity contribution in [3.63, 3.8) is 0 Å². The Kier molecular flexibility index (Phi) is 5.09. The normalized spacial score (nSPS) is 10.8. The molecular weight excluding hydrogens is 386 g/mol. The van der Waals surface area contributed by atoms with Gasteiger partial charge in [-0.1, -0.05) is 35.1 Å². The second kappa shape index (κ2) is 7.84. The van der Waals surface area contributed by atoms with Crippen molar-refractivity contribution in [2.24, 2.45) is 0 Å². The zero-order valence-electron chi connectivity index (χ0n) is 16.0. The van der Waals surface area contributed by atoms with Gasteiger partial charge in [0, 0.05) is 18.9 Å². The lowest BCUT2D eigenvalue weighted by atomic mass is 10.2. The first-order valence-electron chi connectivity index (χ1n) is 9.00. The molecule has 0 aliphatic rings. The fraction of sp³-hybridized carbons (Fsp3) is 0.143. The Hall–Kier alpha value is -3.52. The molecule has 1 aromatic carbocycles. The van der Waals surface area contributed by atoms with Gasteiger partial charge in [0.2, 0.25) is 0 Å². The highest BCUT2D eigenvalue weighted by molar-refractivity contribution is 7.21. The molecule has 0 spiro atoms. The minimum atomic E-state index is -0.879. The maximum absolute atomic E-state index is 10.8. The molecule has 4 aromatic rings. The van der Waals surface area contributed by atoms with E-state index in [0.29, 0.717) is 16.5 Å². The van der Waals surface area contributed by atoms with Crippen LogP contribution in [0.5, 0.6) is 0 Å². The molecule has 146 valence electrons. The van der Waals surface area contributed by atoms with Crippen molar-refractivity contribution in [3.05, 3.63) is 65.9 Å². The van der Waals surface area contributed by atoms with Crippen LogP contribution in [0.15, 0.2) is 54.7 Å². The third-order valence-corrected chi connectivity index (χ3v) is 5.30. The van der Waals surface area contributed by atoms with Crippen molar-refractivity contribution >= 4 is 50.1 Å². The minimum Gasteiger partial charge on any atom is -0.481 e. The summed E-state index contributed by atoms with van der Waals surface area (Å²) in [4.78, 5) is 27.2. The predicted molar refractivity (Wildman–Crippen MR) is 116 cm³/mol. The molecule has 0 saturated heterocycles. The van der Waals surface area contributed by atoms with Gasteiger partial charge in [-0.15, -0.1) is 0 Å². The number of aliphatic carboxylic acids is 1. The van der Waals surface area contributed by atoms with Gasteiger partial charge in [-0.2, -0.15) is 0 Å². The second-order valence-corrected chi connectivity index (χ2v) is 7.63. The first-order chi connectivity index (χ1) is 14.0. The van der Waals surface area contributed by atoms with E-state index >= 15 is 0 Å². The molecule has 8 heteroatoms. The number of hydrogen-bond acceptors (Lipinski definition) is 7. The number of carboxylic acids is 1. The lowest BCUT2D eigenvalue weighted by Crippen LogP contribution is -2.10. The van der Waals surface area contributed by atoms with E-state index in [9.17, 15) is 4.79 Å². The van der Waals surface area contributed by atoms with E-state index in [0.717, 1.165) is 21.9 Å². The van der Waals surface area contributed by atoms with Crippen LogP contribution in [-0.4, -0.2) is 33.1 Å². The summed E-state index contributed by atoms with van der Waals surface area (Å²) in [5.74, 6) is 0.569. The summed E-state index contributed by atoms with van der Waals surface area (Å²) >= 11 is 1.44. The van der Waals surface area contributed by atoms with E-state index in [-0.39, 0.29) is 6.42 Å². The number of nitrogens with zero attached hydrogens (tertiary/aromatic N) is 4. The van der Waals surface area contributed by atoms with Crippen molar-refractivity contribution in [2.45, 2.75) is 13.3 Å². The average molecular weight is 405 g/mol. The molecule has 0 unspecified atom stereocenters. The quantitative estimate of drug-likeness (QED) is 0.487. The van der Waals surface area contributed by atoms with Gasteiger partial charge in [0.15, 0.2) is 5.13 Å². The molecule has 2 N–H and O–H groups in total.